The molecule has 0 aliphatic heterocycles. The molecule has 1 aromatic heterocycles. The van der Waals surface area contributed by atoms with Gasteiger partial charge in [-0.15, -0.1) is 0 Å². The first kappa shape index (κ1) is 20.9. The van der Waals surface area contributed by atoms with E-state index in [1.54, 1.807) is 10.6 Å². The van der Waals surface area contributed by atoms with Gasteiger partial charge in [0, 0.05) is 26.2 Å². The number of aliphatic hydroxyl groups is 1. The van der Waals surface area contributed by atoms with Crippen LogP contribution < -0.4 is 5.56 Å². The maximum Gasteiger partial charge on any atom is 0.262 e. The molecule has 1 N–H and O–H groups in total. The highest BCUT2D eigenvalue weighted by molar-refractivity contribution is 7.99. The van der Waals surface area contributed by atoms with E-state index < -0.39 is 0 Å². The second-order valence-electron chi connectivity index (χ2n) is 7.65. The number of aromatic nitrogens is 2. The second kappa shape index (κ2) is 9.56. The first-order valence-corrected chi connectivity index (χ1v) is 11.0. The largest absolute Gasteiger partial charge is 0.396 e. The van der Waals surface area contributed by atoms with E-state index in [9.17, 15) is 14.7 Å². The van der Waals surface area contributed by atoms with Crippen LogP contribution in [0.1, 0.15) is 39.0 Å². The highest BCUT2D eigenvalue weighted by Crippen LogP contribution is 2.27. The first-order valence-electron chi connectivity index (χ1n) is 10.00. The summed E-state index contributed by atoms with van der Waals surface area (Å²) in [5.41, 5.74) is 0.515. The van der Waals surface area contributed by atoms with Gasteiger partial charge in [0.15, 0.2) is 5.16 Å². The van der Waals surface area contributed by atoms with Crippen molar-refractivity contribution in [1.82, 2.24) is 14.5 Å². The van der Waals surface area contributed by atoms with Gasteiger partial charge in [-0.1, -0.05) is 30.8 Å². The molecule has 1 aliphatic rings. The van der Waals surface area contributed by atoms with Crippen molar-refractivity contribution in [3.8, 4) is 0 Å². The summed E-state index contributed by atoms with van der Waals surface area (Å²) in [5, 5.41) is 10.3. The lowest BCUT2D eigenvalue weighted by molar-refractivity contribution is -0.129. The number of thioether (sulfide) groups is 1. The summed E-state index contributed by atoms with van der Waals surface area (Å²) < 4.78 is 1.58. The van der Waals surface area contributed by atoms with Crippen LogP contribution >= 0.6 is 11.8 Å². The molecule has 0 saturated heterocycles. The van der Waals surface area contributed by atoms with Crippen LogP contribution in [-0.2, 0) is 11.3 Å². The van der Waals surface area contributed by atoms with E-state index in [2.05, 4.69) is 11.9 Å². The number of amides is 1. The quantitative estimate of drug-likeness (QED) is 0.568. The van der Waals surface area contributed by atoms with Crippen molar-refractivity contribution in [1.29, 1.82) is 0 Å². The molecule has 1 saturated carbocycles. The number of carbonyl (C=O) groups is 1. The van der Waals surface area contributed by atoms with Crippen LogP contribution in [0.3, 0.4) is 0 Å². The van der Waals surface area contributed by atoms with E-state index in [0.717, 1.165) is 18.8 Å². The minimum atomic E-state index is -0.122. The number of carbonyl (C=O) groups excluding carboxylic acids is 1. The van der Waals surface area contributed by atoms with Gasteiger partial charge >= 0.3 is 0 Å². The minimum absolute atomic E-state index is 0.00510. The van der Waals surface area contributed by atoms with Crippen LogP contribution in [0.2, 0.25) is 0 Å². The predicted molar refractivity (Wildman–Crippen MR) is 113 cm³/mol. The van der Waals surface area contributed by atoms with E-state index in [1.165, 1.54) is 24.6 Å². The van der Waals surface area contributed by atoms with Crippen molar-refractivity contribution in [2.24, 2.45) is 5.92 Å². The summed E-state index contributed by atoms with van der Waals surface area (Å²) in [6, 6.07) is 7.55. The van der Waals surface area contributed by atoms with Gasteiger partial charge in [-0.25, -0.2) is 4.98 Å². The number of hydrogen-bond donors (Lipinski definition) is 1. The maximum atomic E-state index is 12.8. The molecule has 28 heavy (non-hydrogen) atoms. The van der Waals surface area contributed by atoms with Crippen LogP contribution in [0, 0.1) is 5.92 Å². The Hall–Kier alpha value is -1.86. The van der Waals surface area contributed by atoms with E-state index in [-0.39, 0.29) is 23.8 Å². The average Bonchev–Trinajstić information content (AvgIpc) is 2.71. The third kappa shape index (κ3) is 4.75. The van der Waals surface area contributed by atoms with E-state index in [4.69, 9.17) is 0 Å². The fourth-order valence-electron chi connectivity index (χ4n) is 3.75. The minimum Gasteiger partial charge on any atom is -0.396 e. The van der Waals surface area contributed by atoms with Gasteiger partial charge in [-0.3, -0.25) is 14.2 Å². The fraction of sp³-hybridized carbons (Fsp3) is 0.571. The molecular weight excluding hydrogens is 374 g/mol. The van der Waals surface area contributed by atoms with Crippen LogP contribution in [0.5, 0.6) is 0 Å². The molecule has 1 amide bonds. The molecule has 2 aromatic rings. The molecule has 1 heterocycles. The monoisotopic (exact) mass is 403 g/mol. The molecule has 1 aliphatic carbocycles. The average molecular weight is 404 g/mol. The van der Waals surface area contributed by atoms with Crippen molar-refractivity contribution in [2.75, 3.05) is 19.4 Å². The normalized spacial score (nSPS) is 19.7. The summed E-state index contributed by atoms with van der Waals surface area (Å²) in [6.07, 6.45) is 4.93. The van der Waals surface area contributed by atoms with Crippen LogP contribution in [0.15, 0.2) is 34.2 Å². The zero-order valence-corrected chi connectivity index (χ0v) is 17.5. The van der Waals surface area contributed by atoms with Crippen LogP contribution in [0.4, 0.5) is 0 Å². The van der Waals surface area contributed by atoms with E-state index in [0.29, 0.717) is 35.1 Å². The van der Waals surface area contributed by atoms with Crippen molar-refractivity contribution in [3.05, 3.63) is 34.6 Å². The lowest BCUT2D eigenvalue weighted by atomic mass is 9.87. The van der Waals surface area contributed by atoms with Crippen molar-refractivity contribution >= 4 is 28.6 Å². The smallest absolute Gasteiger partial charge is 0.262 e. The van der Waals surface area contributed by atoms with Gasteiger partial charge in [0.25, 0.3) is 5.56 Å². The Bertz CT molecular complexity index is 875. The van der Waals surface area contributed by atoms with Gasteiger partial charge in [0.2, 0.25) is 5.91 Å². The highest BCUT2D eigenvalue weighted by atomic mass is 32.2. The summed E-state index contributed by atoms with van der Waals surface area (Å²) in [7, 11) is 1.89. The van der Waals surface area contributed by atoms with Gasteiger partial charge in [0.05, 0.1) is 16.7 Å². The van der Waals surface area contributed by atoms with Crippen molar-refractivity contribution < 1.29 is 9.90 Å². The zero-order valence-electron chi connectivity index (χ0n) is 16.6. The van der Waals surface area contributed by atoms with Crippen molar-refractivity contribution in [2.45, 2.75) is 56.8 Å². The topological polar surface area (TPSA) is 75.4 Å². The number of fused-ring (bicyclic) bond motifs is 1. The highest BCUT2D eigenvalue weighted by Gasteiger charge is 2.25. The standard InChI is InChI=1S/C21H29N3O3S/c1-15-8-10-16(11-9-15)23(2)19(26)14-28-21-22-18-7-4-3-6-17(18)20(27)24(21)12-5-13-25/h3-4,6-7,15-16,25H,5,8-14H2,1-2H3. The van der Waals surface area contributed by atoms with E-state index >= 15 is 0 Å². The van der Waals surface area contributed by atoms with Gasteiger partial charge in [-0.05, 0) is 50.2 Å². The number of aliphatic hydroxyl groups excluding tert-OH is 1. The number of rotatable bonds is 7. The number of nitrogens with zero attached hydrogens (tertiary/aromatic N) is 3. The Balaban J connectivity index is 1.75. The Morgan fingerprint density at radius 3 is 2.71 bits per heavy atom. The summed E-state index contributed by atoms with van der Waals surface area (Å²) >= 11 is 1.31. The lowest BCUT2D eigenvalue weighted by Gasteiger charge is -2.33. The summed E-state index contributed by atoms with van der Waals surface area (Å²) in [6.45, 7) is 2.66. The Morgan fingerprint density at radius 2 is 2.00 bits per heavy atom. The summed E-state index contributed by atoms with van der Waals surface area (Å²) in [4.78, 5) is 32.1. The van der Waals surface area contributed by atoms with Crippen LogP contribution in [0.25, 0.3) is 10.9 Å². The fourth-order valence-corrected chi connectivity index (χ4v) is 4.69. The first-order chi connectivity index (χ1) is 13.5. The molecule has 6 nitrogen and oxygen atoms in total. The third-order valence-corrected chi connectivity index (χ3v) is 6.58. The summed E-state index contributed by atoms with van der Waals surface area (Å²) in [5.74, 6) is 1.07. The van der Waals surface area contributed by atoms with Gasteiger partial charge in [0.1, 0.15) is 0 Å². The number of hydrogen-bond acceptors (Lipinski definition) is 5. The Labute approximate surface area is 170 Å². The molecule has 7 heteroatoms. The Kier molecular flexibility index (Phi) is 7.13. The SMILES string of the molecule is CC1CCC(N(C)C(=O)CSc2nc3ccccc3c(=O)n2CCCO)CC1. The zero-order chi connectivity index (χ0) is 20.1. The molecule has 0 bridgehead atoms. The molecule has 1 fully saturated rings. The molecule has 152 valence electrons. The molecule has 0 unspecified atom stereocenters. The molecule has 0 spiro atoms. The third-order valence-electron chi connectivity index (χ3n) is 5.62. The van der Waals surface area contributed by atoms with E-state index in [1.807, 2.05) is 30.1 Å². The van der Waals surface area contributed by atoms with Crippen LogP contribution in [-0.4, -0.2) is 50.9 Å². The molecule has 0 atom stereocenters. The van der Waals surface area contributed by atoms with Gasteiger partial charge in [-0.2, -0.15) is 0 Å². The number of benzene rings is 1. The molecule has 3 rings (SSSR count). The maximum absolute atomic E-state index is 12.8. The second-order valence-corrected chi connectivity index (χ2v) is 8.59. The molecular formula is C21H29N3O3S. The van der Waals surface area contributed by atoms with Gasteiger partial charge < -0.3 is 10.0 Å². The lowest BCUT2D eigenvalue weighted by Crippen LogP contribution is -2.40. The molecule has 1 aromatic carbocycles. The predicted octanol–water partition coefficient (Wildman–Crippen LogP) is 2.91. The van der Waals surface area contributed by atoms with Crippen molar-refractivity contribution in [3.63, 3.8) is 0 Å². The molecule has 0 radical (unpaired) electrons. The Morgan fingerprint density at radius 1 is 1.29 bits per heavy atom. The number of para-hydroxylation sites is 1.